The Morgan fingerprint density at radius 2 is 2.10 bits per heavy atom. The van der Waals surface area contributed by atoms with Gasteiger partial charge in [0, 0.05) is 12.3 Å². The first-order chi connectivity index (χ1) is 10.2. The number of hydrogen-bond acceptors (Lipinski definition) is 6. The summed E-state index contributed by atoms with van der Waals surface area (Å²) in [6.45, 7) is 0. The summed E-state index contributed by atoms with van der Waals surface area (Å²) in [5.41, 5.74) is 0.740. The lowest BCUT2D eigenvalue weighted by molar-refractivity contribution is -0.386. The predicted octanol–water partition coefficient (Wildman–Crippen LogP) is 3.25. The van der Waals surface area contributed by atoms with E-state index < -0.39 is 10.8 Å². The van der Waals surface area contributed by atoms with Gasteiger partial charge in [0.05, 0.1) is 21.2 Å². The average Bonchev–Trinajstić information content (AvgIpc) is 2.92. The Labute approximate surface area is 123 Å². The van der Waals surface area contributed by atoms with Gasteiger partial charge in [0.2, 0.25) is 0 Å². The number of thiazole rings is 1. The smallest absolute Gasteiger partial charge is 0.258 e. The Bertz CT molecular complexity index is 836. The molecule has 1 atom stereocenters. The molecule has 0 N–H and O–H groups in total. The molecular weight excluding hydrogens is 288 g/mol. The van der Waals surface area contributed by atoms with Crippen molar-refractivity contribution in [2.24, 2.45) is 0 Å². The van der Waals surface area contributed by atoms with Gasteiger partial charge in [-0.2, -0.15) is 5.26 Å². The third-order valence-corrected chi connectivity index (χ3v) is 4.07. The summed E-state index contributed by atoms with van der Waals surface area (Å²) in [6.07, 6.45) is 1.44. The lowest BCUT2D eigenvalue weighted by atomic mass is 10.1. The van der Waals surface area contributed by atoms with E-state index in [1.807, 2.05) is 24.3 Å². The number of aromatic nitrogens is 2. The Kier molecular flexibility index (Phi) is 3.30. The molecule has 102 valence electrons. The summed E-state index contributed by atoms with van der Waals surface area (Å²) < 4.78 is 0.936. The molecule has 1 aromatic carbocycles. The topological polar surface area (TPSA) is 92.7 Å². The van der Waals surface area contributed by atoms with E-state index in [4.69, 9.17) is 0 Å². The molecule has 7 heteroatoms. The van der Waals surface area contributed by atoms with Crippen LogP contribution in [0.25, 0.3) is 10.2 Å². The van der Waals surface area contributed by atoms with E-state index >= 15 is 0 Å². The summed E-state index contributed by atoms with van der Waals surface area (Å²) in [5, 5.41) is 21.0. The second-order valence-corrected chi connectivity index (χ2v) is 5.31. The van der Waals surface area contributed by atoms with Crippen LogP contribution < -0.4 is 0 Å². The third-order valence-electron chi connectivity index (χ3n) is 2.97. The zero-order valence-corrected chi connectivity index (χ0v) is 11.4. The van der Waals surface area contributed by atoms with Gasteiger partial charge in [-0.1, -0.05) is 12.1 Å². The van der Waals surface area contributed by atoms with Crippen molar-refractivity contribution in [1.29, 1.82) is 5.26 Å². The quantitative estimate of drug-likeness (QED) is 0.546. The average molecular weight is 296 g/mol. The van der Waals surface area contributed by atoms with E-state index in [2.05, 4.69) is 16.0 Å². The van der Waals surface area contributed by atoms with Crippen molar-refractivity contribution in [3.63, 3.8) is 0 Å². The van der Waals surface area contributed by atoms with Gasteiger partial charge in [-0.15, -0.1) is 11.3 Å². The number of hydrogen-bond donors (Lipinski definition) is 0. The molecule has 0 aliphatic carbocycles. The van der Waals surface area contributed by atoms with Crippen molar-refractivity contribution in [3.8, 4) is 6.07 Å². The minimum atomic E-state index is -0.844. The first-order valence-electron chi connectivity index (χ1n) is 6.05. The fourth-order valence-electron chi connectivity index (χ4n) is 2.03. The number of nitrogens with zero attached hydrogens (tertiary/aromatic N) is 4. The largest absolute Gasteiger partial charge is 0.292 e. The van der Waals surface area contributed by atoms with E-state index in [-0.39, 0.29) is 11.4 Å². The second-order valence-electron chi connectivity index (χ2n) is 4.25. The van der Waals surface area contributed by atoms with Crippen LogP contribution >= 0.6 is 11.3 Å². The summed E-state index contributed by atoms with van der Waals surface area (Å²) in [6, 6.07) is 12.4. The van der Waals surface area contributed by atoms with Crippen LogP contribution in [-0.2, 0) is 0 Å². The van der Waals surface area contributed by atoms with Crippen LogP contribution in [0.5, 0.6) is 0 Å². The number of para-hydroxylation sites is 1. The normalized spacial score (nSPS) is 12.0. The van der Waals surface area contributed by atoms with Crippen LogP contribution in [0, 0.1) is 21.4 Å². The highest BCUT2D eigenvalue weighted by atomic mass is 32.1. The maximum Gasteiger partial charge on any atom is 0.292 e. The molecule has 0 amide bonds. The lowest BCUT2D eigenvalue weighted by Gasteiger charge is -2.05. The number of nitro groups is 1. The first-order valence-corrected chi connectivity index (χ1v) is 6.86. The third kappa shape index (κ3) is 2.32. The molecule has 0 saturated carbocycles. The maximum atomic E-state index is 11.1. The van der Waals surface area contributed by atoms with Crippen LogP contribution in [0.2, 0.25) is 0 Å². The minimum Gasteiger partial charge on any atom is -0.258 e. The number of rotatable bonds is 3. The number of nitriles is 1. The van der Waals surface area contributed by atoms with Crippen molar-refractivity contribution < 1.29 is 4.92 Å². The molecule has 3 rings (SSSR count). The van der Waals surface area contributed by atoms with Crippen molar-refractivity contribution in [2.45, 2.75) is 5.92 Å². The zero-order valence-electron chi connectivity index (χ0n) is 10.6. The molecule has 0 aliphatic heterocycles. The van der Waals surface area contributed by atoms with Crippen LogP contribution in [-0.4, -0.2) is 14.9 Å². The lowest BCUT2D eigenvalue weighted by Crippen LogP contribution is -2.05. The van der Waals surface area contributed by atoms with Gasteiger partial charge in [0.15, 0.2) is 0 Å². The molecule has 3 aromatic rings. The van der Waals surface area contributed by atoms with Gasteiger partial charge < -0.3 is 0 Å². The molecule has 0 bridgehead atoms. The molecule has 6 nitrogen and oxygen atoms in total. The highest BCUT2D eigenvalue weighted by molar-refractivity contribution is 7.18. The Morgan fingerprint density at radius 3 is 2.81 bits per heavy atom. The number of fused-ring (bicyclic) bond motifs is 1. The molecule has 21 heavy (non-hydrogen) atoms. The van der Waals surface area contributed by atoms with Crippen LogP contribution in [0.1, 0.15) is 16.6 Å². The second kappa shape index (κ2) is 5.26. The Balaban J connectivity index is 2.15. The standard InChI is InChI=1S/C14H8N4O2S/c15-8-9(13-11(18(19)20)5-3-7-16-13)14-17-10-4-1-2-6-12(10)21-14/h1-7,9H/t9-/m1/s1. The SMILES string of the molecule is N#C[C@@H](c1nc2ccccc2s1)c1ncccc1[N+](=O)[O-]. The van der Waals surface area contributed by atoms with Gasteiger partial charge in [-0.3, -0.25) is 15.1 Å². The van der Waals surface area contributed by atoms with Gasteiger partial charge in [-0.05, 0) is 18.2 Å². The van der Waals surface area contributed by atoms with Gasteiger partial charge >= 0.3 is 0 Å². The van der Waals surface area contributed by atoms with E-state index in [0.29, 0.717) is 5.01 Å². The van der Waals surface area contributed by atoms with Gasteiger partial charge in [0.1, 0.15) is 16.6 Å². The van der Waals surface area contributed by atoms with Crippen molar-refractivity contribution in [2.75, 3.05) is 0 Å². The van der Waals surface area contributed by atoms with Gasteiger partial charge in [0.25, 0.3) is 5.69 Å². The minimum absolute atomic E-state index is 0.129. The van der Waals surface area contributed by atoms with Gasteiger partial charge in [-0.25, -0.2) is 4.98 Å². The van der Waals surface area contributed by atoms with E-state index in [9.17, 15) is 15.4 Å². The van der Waals surface area contributed by atoms with E-state index in [0.717, 1.165) is 10.2 Å². The molecule has 2 aromatic heterocycles. The number of benzene rings is 1. The molecule has 0 saturated heterocycles. The van der Waals surface area contributed by atoms with Crippen molar-refractivity contribution in [3.05, 3.63) is 63.4 Å². The zero-order chi connectivity index (χ0) is 14.8. The van der Waals surface area contributed by atoms with Crippen LogP contribution in [0.3, 0.4) is 0 Å². The van der Waals surface area contributed by atoms with Crippen molar-refractivity contribution in [1.82, 2.24) is 9.97 Å². The Morgan fingerprint density at radius 1 is 1.29 bits per heavy atom. The molecule has 0 fully saturated rings. The molecule has 0 spiro atoms. The fraction of sp³-hybridized carbons (Fsp3) is 0.0714. The van der Waals surface area contributed by atoms with Crippen LogP contribution in [0.4, 0.5) is 5.69 Å². The monoisotopic (exact) mass is 296 g/mol. The highest BCUT2D eigenvalue weighted by Gasteiger charge is 2.27. The summed E-state index contributed by atoms with van der Waals surface area (Å²) in [4.78, 5) is 19.0. The van der Waals surface area contributed by atoms with Crippen LogP contribution in [0.15, 0.2) is 42.6 Å². The number of pyridine rings is 1. The summed E-state index contributed by atoms with van der Waals surface area (Å²) in [7, 11) is 0. The fourth-order valence-corrected chi connectivity index (χ4v) is 3.05. The predicted molar refractivity (Wildman–Crippen MR) is 78.0 cm³/mol. The first kappa shape index (κ1) is 13.1. The molecule has 0 radical (unpaired) electrons. The molecule has 2 heterocycles. The molecule has 0 unspecified atom stereocenters. The maximum absolute atomic E-state index is 11.1. The van der Waals surface area contributed by atoms with E-state index in [1.54, 1.807) is 0 Å². The highest BCUT2D eigenvalue weighted by Crippen LogP contribution is 2.34. The molecular formula is C14H8N4O2S. The molecule has 0 aliphatic rings. The van der Waals surface area contributed by atoms with E-state index in [1.165, 1.54) is 29.7 Å². The summed E-state index contributed by atoms with van der Waals surface area (Å²) in [5.74, 6) is -0.844. The van der Waals surface area contributed by atoms with Crippen molar-refractivity contribution >= 4 is 27.2 Å². The Hall–Kier alpha value is -2.85. The summed E-state index contributed by atoms with van der Waals surface area (Å²) >= 11 is 1.35.